The van der Waals surface area contributed by atoms with Gasteiger partial charge in [0.05, 0.1) is 24.7 Å². The minimum atomic E-state index is -0.167. The van der Waals surface area contributed by atoms with Gasteiger partial charge in [-0.25, -0.2) is 9.48 Å². The van der Waals surface area contributed by atoms with E-state index in [-0.39, 0.29) is 18.7 Å². The Morgan fingerprint density at radius 2 is 2.14 bits per heavy atom. The Kier molecular flexibility index (Phi) is 3.83. The summed E-state index contributed by atoms with van der Waals surface area (Å²) >= 11 is 0. The SMILES string of the molecule is O=C(Nc1ccc(-n2ccnn2)cc1)N(CCO)C1CC1. The maximum atomic E-state index is 12.2. The van der Waals surface area contributed by atoms with Gasteiger partial charge < -0.3 is 15.3 Å². The number of rotatable bonds is 5. The summed E-state index contributed by atoms with van der Waals surface area (Å²) in [5.41, 5.74) is 1.59. The van der Waals surface area contributed by atoms with Crippen molar-refractivity contribution in [3.05, 3.63) is 36.7 Å². The van der Waals surface area contributed by atoms with Crippen molar-refractivity contribution in [3.8, 4) is 5.69 Å². The standard InChI is InChI=1S/C14H17N5O2/c20-10-9-18(12-5-6-12)14(21)16-11-1-3-13(4-2-11)19-8-7-15-17-19/h1-4,7-8,12,20H,5-6,9-10H2,(H,16,21). The molecule has 1 aliphatic carbocycles. The number of anilines is 1. The Balaban J connectivity index is 1.65. The first-order valence-electron chi connectivity index (χ1n) is 6.93. The number of benzene rings is 1. The largest absolute Gasteiger partial charge is 0.395 e. The third-order valence-corrected chi connectivity index (χ3v) is 3.40. The summed E-state index contributed by atoms with van der Waals surface area (Å²) in [6, 6.07) is 7.46. The number of nitrogens with zero attached hydrogens (tertiary/aromatic N) is 4. The Morgan fingerprint density at radius 1 is 1.38 bits per heavy atom. The van der Waals surface area contributed by atoms with Crippen LogP contribution in [0, 0.1) is 0 Å². The third-order valence-electron chi connectivity index (χ3n) is 3.40. The number of amides is 2. The summed E-state index contributed by atoms with van der Waals surface area (Å²) in [6.07, 6.45) is 5.39. The van der Waals surface area contributed by atoms with Crippen LogP contribution in [0.2, 0.25) is 0 Å². The van der Waals surface area contributed by atoms with Crippen LogP contribution in [0.3, 0.4) is 0 Å². The zero-order chi connectivity index (χ0) is 14.7. The second-order valence-corrected chi connectivity index (χ2v) is 4.97. The predicted octanol–water partition coefficient (Wildman–Crippen LogP) is 1.26. The van der Waals surface area contributed by atoms with Crippen molar-refractivity contribution >= 4 is 11.7 Å². The Labute approximate surface area is 122 Å². The fourth-order valence-electron chi connectivity index (χ4n) is 2.18. The maximum Gasteiger partial charge on any atom is 0.322 e. The highest BCUT2D eigenvalue weighted by Gasteiger charge is 2.32. The highest BCUT2D eigenvalue weighted by Crippen LogP contribution is 2.27. The highest BCUT2D eigenvalue weighted by atomic mass is 16.3. The van der Waals surface area contributed by atoms with E-state index in [9.17, 15) is 4.79 Å². The van der Waals surface area contributed by atoms with E-state index in [4.69, 9.17) is 5.11 Å². The van der Waals surface area contributed by atoms with Gasteiger partial charge in [0.1, 0.15) is 0 Å². The van der Waals surface area contributed by atoms with E-state index in [0.717, 1.165) is 18.5 Å². The molecule has 1 aliphatic rings. The lowest BCUT2D eigenvalue weighted by atomic mass is 10.3. The molecule has 3 rings (SSSR count). The van der Waals surface area contributed by atoms with Gasteiger partial charge in [0, 0.05) is 18.3 Å². The fourth-order valence-corrected chi connectivity index (χ4v) is 2.18. The first-order chi connectivity index (χ1) is 10.3. The zero-order valence-electron chi connectivity index (χ0n) is 11.5. The summed E-state index contributed by atoms with van der Waals surface area (Å²) < 4.78 is 1.65. The van der Waals surface area contributed by atoms with Crippen molar-refractivity contribution < 1.29 is 9.90 Å². The van der Waals surface area contributed by atoms with Gasteiger partial charge in [-0.2, -0.15) is 0 Å². The molecule has 0 bridgehead atoms. The first-order valence-corrected chi connectivity index (χ1v) is 6.93. The van der Waals surface area contributed by atoms with Gasteiger partial charge in [0.25, 0.3) is 0 Å². The van der Waals surface area contributed by atoms with E-state index >= 15 is 0 Å². The lowest BCUT2D eigenvalue weighted by Crippen LogP contribution is -2.38. The molecule has 21 heavy (non-hydrogen) atoms. The second-order valence-electron chi connectivity index (χ2n) is 4.97. The molecule has 0 aliphatic heterocycles. The Bertz CT molecular complexity index is 592. The summed E-state index contributed by atoms with van der Waals surface area (Å²) in [7, 11) is 0. The molecule has 110 valence electrons. The lowest BCUT2D eigenvalue weighted by Gasteiger charge is -2.21. The molecule has 2 amide bonds. The predicted molar refractivity (Wildman–Crippen MR) is 77.2 cm³/mol. The average molecular weight is 287 g/mol. The Hall–Kier alpha value is -2.41. The van der Waals surface area contributed by atoms with Crippen LogP contribution in [0.25, 0.3) is 5.69 Å². The fraction of sp³-hybridized carbons (Fsp3) is 0.357. The molecule has 1 heterocycles. The van der Waals surface area contributed by atoms with Gasteiger partial charge >= 0.3 is 6.03 Å². The number of aliphatic hydroxyl groups is 1. The van der Waals surface area contributed by atoms with Crippen LogP contribution >= 0.6 is 0 Å². The van der Waals surface area contributed by atoms with Gasteiger partial charge in [-0.15, -0.1) is 5.10 Å². The molecule has 0 unspecified atom stereocenters. The number of hydrogen-bond acceptors (Lipinski definition) is 4. The monoisotopic (exact) mass is 287 g/mol. The number of nitrogens with one attached hydrogen (secondary N) is 1. The molecule has 2 N–H and O–H groups in total. The zero-order valence-corrected chi connectivity index (χ0v) is 11.5. The highest BCUT2D eigenvalue weighted by molar-refractivity contribution is 5.89. The molecule has 0 saturated heterocycles. The quantitative estimate of drug-likeness (QED) is 0.867. The van der Waals surface area contributed by atoms with Gasteiger partial charge in [-0.05, 0) is 37.1 Å². The molecule has 7 heteroatoms. The van der Waals surface area contributed by atoms with Crippen molar-refractivity contribution in [2.24, 2.45) is 0 Å². The molecular formula is C14H17N5O2. The van der Waals surface area contributed by atoms with Crippen molar-refractivity contribution in [1.82, 2.24) is 19.9 Å². The summed E-state index contributed by atoms with van der Waals surface area (Å²) in [6.45, 7) is 0.350. The van der Waals surface area contributed by atoms with Gasteiger partial charge in [0.2, 0.25) is 0 Å². The van der Waals surface area contributed by atoms with E-state index in [1.807, 2.05) is 24.3 Å². The molecule has 1 aromatic heterocycles. The molecule has 1 saturated carbocycles. The van der Waals surface area contributed by atoms with E-state index < -0.39 is 0 Å². The van der Waals surface area contributed by atoms with Crippen LogP contribution in [-0.4, -0.2) is 50.2 Å². The summed E-state index contributed by atoms with van der Waals surface area (Å²) in [4.78, 5) is 13.9. The summed E-state index contributed by atoms with van der Waals surface area (Å²) in [5.74, 6) is 0. The van der Waals surface area contributed by atoms with Crippen molar-refractivity contribution in [3.63, 3.8) is 0 Å². The number of aromatic nitrogens is 3. The van der Waals surface area contributed by atoms with Crippen LogP contribution in [0.4, 0.5) is 10.5 Å². The van der Waals surface area contributed by atoms with Crippen molar-refractivity contribution in [1.29, 1.82) is 0 Å². The van der Waals surface area contributed by atoms with Crippen molar-refractivity contribution in [2.75, 3.05) is 18.5 Å². The van der Waals surface area contributed by atoms with E-state index in [2.05, 4.69) is 15.6 Å². The first kappa shape index (κ1) is 13.6. The van der Waals surface area contributed by atoms with Crippen LogP contribution in [0.15, 0.2) is 36.7 Å². The molecule has 0 spiro atoms. The van der Waals surface area contributed by atoms with Crippen molar-refractivity contribution in [2.45, 2.75) is 18.9 Å². The van der Waals surface area contributed by atoms with E-state index in [0.29, 0.717) is 12.2 Å². The normalized spacial score (nSPS) is 14.0. The number of hydrogen-bond donors (Lipinski definition) is 2. The average Bonchev–Trinajstić information content (AvgIpc) is 3.19. The smallest absolute Gasteiger partial charge is 0.322 e. The molecule has 1 aromatic carbocycles. The molecule has 2 aromatic rings. The van der Waals surface area contributed by atoms with Gasteiger partial charge in [-0.3, -0.25) is 0 Å². The minimum Gasteiger partial charge on any atom is -0.395 e. The minimum absolute atomic E-state index is 0.0187. The van der Waals surface area contributed by atoms with E-state index in [1.165, 1.54) is 0 Å². The molecular weight excluding hydrogens is 270 g/mol. The Morgan fingerprint density at radius 3 is 2.71 bits per heavy atom. The topological polar surface area (TPSA) is 83.3 Å². The number of carbonyl (C=O) groups excluding carboxylic acids is 1. The van der Waals surface area contributed by atoms with Gasteiger partial charge in [0.15, 0.2) is 0 Å². The van der Waals surface area contributed by atoms with Gasteiger partial charge in [-0.1, -0.05) is 5.21 Å². The molecule has 0 radical (unpaired) electrons. The molecule has 0 atom stereocenters. The van der Waals surface area contributed by atoms with Crippen LogP contribution in [-0.2, 0) is 0 Å². The number of carbonyl (C=O) groups is 1. The summed E-state index contributed by atoms with van der Waals surface area (Å²) in [5, 5.41) is 19.5. The second kappa shape index (κ2) is 5.92. The molecule has 1 fully saturated rings. The molecule has 7 nitrogen and oxygen atoms in total. The number of aliphatic hydroxyl groups excluding tert-OH is 1. The maximum absolute atomic E-state index is 12.2. The van der Waals surface area contributed by atoms with E-state index in [1.54, 1.807) is 22.0 Å². The third kappa shape index (κ3) is 3.19. The van der Waals surface area contributed by atoms with Crippen LogP contribution < -0.4 is 5.32 Å². The van der Waals surface area contributed by atoms with Crippen LogP contribution in [0.5, 0.6) is 0 Å². The number of urea groups is 1. The lowest BCUT2D eigenvalue weighted by molar-refractivity contribution is 0.185. The van der Waals surface area contributed by atoms with Crippen LogP contribution in [0.1, 0.15) is 12.8 Å².